The van der Waals surface area contributed by atoms with E-state index in [1.807, 2.05) is 85.9 Å². The smallest absolute Gasteiger partial charge is 0.220 e. The number of nitrogens with one attached hydrogen (secondary N) is 2. The Morgan fingerprint density at radius 2 is 1.82 bits per heavy atom. The molecular weight excluding hydrogens is 482 g/mol. The van der Waals surface area contributed by atoms with E-state index in [1.165, 1.54) is 6.20 Å². The van der Waals surface area contributed by atoms with Gasteiger partial charge in [-0.25, -0.2) is 4.98 Å². The zero-order valence-corrected chi connectivity index (χ0v) is 22.2. The van der Waals surface area contributed by atoms with Gasteiger partial charge in [-0.05, 0) is 48.4 Å². The van der Waals surface area contributed by atoms with E-state index in [-0.39, 0.29) is 5.91 Å². The van der Waals surface area contributed by atoms with Gasteiger partial charge in [-0.1, -0.05) is 86.0 Å². The van der Waals surface area contributed by atoms with Crippen molar-refractivity contribution in [3.63, 3.8) is 0 Å². The van der Waals surface area contributed by atoms with Crippen LogP contribution in [0.25, 0.3) is 39.0 Å². The number of allylic oxidation sites excluding steroid dienone is 5. The number of hydrogen-bond donors (Lipinski definition) is 3. The third kappa shape index (κ3) is 6.48. The van der Waals surface area contributed by atoms with Gasteiger partial charge in [0.05, 0.1) is 11.2 Å². The first kappa shape index (κ1) is 27.1. The van der Waals surface area contributed by atoms with E-state index in [1.54, 1.807) is 16.7 Å². The van der Waals surface area contributed by atoms with Crippen LogP contribution >= 0.6 is 0 Å². The van der Waals surface area contributed by atoms with Gasteiger partial charge in [0, 0.05) is 41.4 Å². The minimum atomic E-state index is -0.0359. The van der Waals surface area contributed by atoms with Crippen LogP contribution in [0.4, 0.5) is 0 Å². The molecular formula is C33H33N5O. The molecule has 6 heteroatoms. The second kappa shape index (κ2) is 12.5. The van der Waals surface area contributed by atoms with Crippen LogP contribution in [0.2, 0.25) is 0 Å². The second-order valence-electron chi connectivity index (χ2n) is 9.26. The minimum absolute atomic E-state index is 0.0359. The molecule has 0 atom stereocenters. The lowest BCUT2D eigenvalue weighted by atomic mass is 9.97. The number of carbonyl (C=O) groups is 1. The Morgan fingerprint density at radius 3 is 2.49 bits per heavy atom. The summed E-state index contributed by atoms with van der Waals surface area (Å²) < 4.78 is 1.76. The van der Waals surface area contributed by atoms with Gasteiger partial charge in [-0.3, -0.25) is 10.2 Å². The van der Waals surface area contributed by atoms with E-state index in [0.717, 1.165) is 50.1 Å². The molecule has 0 unspecified atom stereocenters. The molecule has 6 nitrogen and oxygen atoms in total. The second-order valence-corrected chi connectivity index (χ2v) is 9.26. The van der Waals surface area contributed by atoms with Crippen molar-refractivity contribution in [2.24, 2.45) is 5.73 Å². The molecule has 0 bridgehead atoms. The van der Waals surface area contributed by atoms with Crippen LogP contribution < -0.4 is 16.5 Å². The largest absolute Gasteiger partial charge is 0.404 e. The summed E-state index contributed by atoms with van der Waals surface area (Å²) in [5, 5.41) is 12.5. The summed E-state index contributed by atoms with van der Waals surface area (Å²) in [5.74, 6) is -0.0359. The first-order valence-electron chi connectivity index (χ1n) is 12.8. The molecule has 0 radical (unpaired) electrons. The van der Waals surface area contributed by atoms with Crippen molar-refractivity contribution in [3.8, 4) is 22.4 Å². The molecule has 2 aromatic carbocycles. The Balaban J connectivity index is 1.58. The average molecular weight is 516 g/mol. The lowest BCUT2D eigenvalue weighted by Gasteiger charge is -2.14. The highest BCUT2D eigenvalue weighted by Crippen LogP contribution is 2.33. The molecule has 4 N–H and O–H groups in total. The predicted molar refractivity (Wildman–Crippen MR) is 160 cm³/mol. The Hall–Kier alpha value is -4.97. The fourth-order valence-electron chi connectivity index (χ4n) is 4.31. The first-order chi connectivity index (χ1) is 18.9. The number of nitrogens with zero attached hydrogens (tertiary/aromatic N) is 2. The molecule has 0 saturated carbocycles. The van der Waals surface area contributed by atoms with Crippen LogP contribution in [0.3, 0.4) is 0 Å². The molecule has 4 aromatic rings. The Morgan fingerprint density at radius 1 is 1.08 bits per heavy atom. The molecule has 4 rings (SSSR count). The van der Waals surface area contributed by atoms with Crippen molar-refractivity contribution in [2.75, 3.05) is 0 Å². The van der Waals surface area contributed by atoms with E-state index in [0.29, 0.717) is 24.9 Å². The van der Waals surface area contributed by atoms with Gasteiger partial charge in [0.25, 0.3) is 0 Å². The molecule has 0 aliphatic rings. The normalized spacial score (nSPS) is 11.6. The van der Waals surface area contributed by atoms with Crippen molar-refractivity contribution in [2.45, 2.75) is 26.3 Å². The van der Waals surface area contributed by atoms with Crippen molar-refractivity contribution >= 4 is 22.5 Å². The number of pyridine rings is 2. The maximum Gasteiger partial charge on any atom is 0.220 e. The number of benzene rings is 2. The molecule has 39 heavy (non-hydrogen) atoms. The number of amides is 1. The average Bonchev–Trinajstić information content (AvgIpc) is 2.96. The number of fused-ring (bicyclic) bond motifs is 1. The fraction of sp³-hybridized carbons (Fsp3) is 0.121. The van der Waals surface area contributed by atoms with Crippen LogP contribution in [-0.4, -0.2) is 15.5 Å². The summed E-state index contributed by atoms with van der Waals surface area (Å²) in [5.41, 5.74) is 13.2. The third-order valence-corrected chi connectivity index (χ3v) is 6.44. The molecule has 0 saturated heterocycles. The van der Waals surface area contributed by atoms with Gasteiger partial charge in [0.1, 0.15) is 5.49 Å². The zero-order chi connectivity index (χ0) is 27.8. The molecule has 0 aliphatic carbocycles. The first-order valence-corrected chi connectivity index (χ1v) is 12.8. The van der Waals surface area contributed by atoms with E-state index < -0.39 is 0 Å². The van der Waals surface area contributed by atoms with Crippen LogP contribution in [0.1, 0.15) is 25.3 Å². The number of carbonyl (C=O) groups excluding carboxylic acids is 1. The number of aromatic nitrogens is 2. The van der Waals surface area contributed by atoms with Gasteiger partial charge in [-0.15, -0.1) is 0 Å². The van der Waals surface area contributed by atoms with Crippen LogP contribution in [0, 0.1) is 5.41 Å². The molecule has 0 fully saturated rings. The Bertz CT molecular complexity index is 1630. The van der Waals surface area contributed by atoms with E-state index >= 15 is 0 Å². The maximum absolute atomic E-state index is 12.4. The van der Waals surface area contributed by atoms with Gasteiger partial charge in [0.2, 0.25) is 5.91 Å². The van der Waals surface area contributed by atoms with Gasteiger partial charge < -0.3 is 15.6 Å². The van der Waals surface area contributed by atoms with Crippen LogP contribution in [-0.2, 0) is 11.3 Å². The van der Waals surface area contributed by atoms with E-state index in [2.05, 4.69) is 18.5 Å². The molecule has 2 aromatic heterocycles. The summed E-state index contributed by atoms with van der Waals surface area (Å²) in [6.07, 6.45) is 9.60. The quantitative estimate of drug-likeness (QED) is 0.216. The monoisotopic (exact) mass is 515 g/mol. The highest BCUT2D eigenvalue weighted by atomic mass is 16.1. The SMILES string of the molecule is C=C/C=C\C(=C/N)CCC(=O)NCc1ccc(-c2nc3ccn(C(=C)C)c(=N)c3cc2-c2ccccc2)cc1. The molecule has 0 aliphatic heterocycles. The van der Waals surface area contributed by atoms with Gasteiger partial charge in [-0.2, -0.15) is 0 Å². The Kier molecular flexibility index (Phi) is 8.69. The van der Waals surface area contributed by atoms with Crippen molar-refractivity contribution in [1.29, 1.82) is 5.41 Å². The van der Waals surface area contributed by atoms with E-state index in [4.69, 9.17) is 16.1 Å². The minimum Gasteiger partial charge on any atom is -0.404 e. The summed E-state index contributed by atoms with van der Waals surface area (Å²) in [4.78, 5) is 17.4. The number of rotatable bonds is 10. The number of nitrogens with two attached hydrogens (primary N) is 1. The van der Waals surface area contributed by atoms with Crippen molar-refractivity contribution in [3.05, 3.63) is 127 Å². The van der Waals surface area contributed by atoms with Crippen LogP contribution in [0.15, 0.2) is 116 Å². The molecule has 196 valence electrons. The topological polar surface area (TPSA) is 96.8 Å². The maximum atomic E-state index is 12.4. The van der Waals surface area contributed by atoms with Crippen LogP contribution in [0.5, 0.6) is 0 Å². The lowest BCUT2D eigenvalue weighted by Crippen LogP contribution is -2.22. The zero-order valence-electron chi connectivity index (χ0n) is 22.2. The Labute approximate surface area is 229 Å². The highest BCUT2D eigenvalue weighted by Gasteiger charge is 2.13. The summed E-state index contributed by atoms with van der Waals surface area (Å²) in [6.45, 7) is 9.95. The third-order valence-electron chi connectivity index (χ3n) is 6.44. The van der Waals surface area contributed by atoms with Gasteiger partial charge in [0.15, 0.2) is 0 Å². The van der Waals surface area contributed by atoms with E-state index in [9.17, 15) is 4.79 Å². The summed E-state index contributed by atoms with van der Waals surface area (Å²) in [6, 6.07) is 22.1. The van der Waals surface area contributed by atoms with Crippen molar-refractivity contribution < 1.29 is 4.79 Å². The van der Waals surface area contributed by atoms with Gasteiger partial charge >= 0.3 is 0 Å². The summed E-state index contributed by atoms with van der Waals surface area (Å²) in [7, 11) is 0. The summed E-state index contributed by atoms with van der Waals surface area (Å²) >= 11 is 0. The lowest BCUT2D eigenvalue weighted by molar-refractivity contribution is -0.121. The van der Waals surface area contributed by atoms with Crippen molar-refractivity contribution in [1.82, 2.24) is 14.9 Å². The predicted octanol–water partition coefficient (Wildman–Crippen LogP) is 6.32. The molecule has 2 heterocycles. The molecule has 1 amide bonds. The highest BCUT2D eigenvalue weighted by molar-refractivity contribution is 5.91. The standard InChI is InChI=1S/C33H33N5O/c1-4-5-9-24(21-34)14-17-31(39)36-22-25-12-15-27(16-13-25)32-28(26-10-7-6-8-11-26)20-29-30(37-32)18-19-38(23(2)3)33(29)35/h4-13,15-16,18-21,35H,1-2,14,17,22,34H2,3H3,(H,36,39)/b9-5-,24-21+,35-33?. The molecule has 0 spiro atoms. The number of hydrogen-bond acceptors (Lipinski definition) is 4. The fourth-order valence-corrected chi connectivity index (χ4v) is 4.31.